The number of fused-ring (bicyclic) bond motifs is 1. The highest BCUT2D eigenvalue weighted by Crippen LogP contribution is 2.35. The molecule has 0 spiro atoms. The summed E-state index contributed by atoms with van der Waals surface area (Å²) in [6.07, 6.45) is 0. The van der Waals surface area contributed by atoms with Gasteiger partial charge in [0.05, 0.1) is 0 Å². The average Bonchev–Trinajstić information content (AvgIpc) is 3.11. The van der Waals surface area contributed by atoms with E-state index in [2.05, 4.69) is 20.6 Å². The largest absolute Gasteiger partial charge is 0.454 e. The van der Waals surface area contributed by atoms with E-state index in [1.54, 1.807) is 13.0 Å². The molecule has 7 nitrogen and oxygen atoms in total. The van der Waals surface area contributed by atoms with E-state index in [0.29, 0.717) is 23.1 Å². The molecule has 0 saturated carbocycles. The summed E-state index contributed by atoms with van der Waals surface area (Å²) >= 11 is 0. The number of benzene rings is 2. The van der Waals surface area contributed by atoms with Crippen LogP contribution in [-0.4, -0.2) is 22.7 Å². The lowest BCUT2D eigenvalue weighted by Crippen LogP contribution is -2.16. The molecule has 0 aliphatic carbocycles. The predicted molar refractivity (Wildman–Crippen MR) is 102 cm³/mol. The van der Waals surface area contributed by atoms with Gasteiger partial charge < -0.3 is 20.1 Å². The molecule has 1 aliphatic rings. The highest BCUT2D eigenvalue weighted by molar-refractivity contribution is 6.03. The number of amides is 1. The molecule has 1 aliphatic heterocycles. The molecule has 0 radical (unpaired) electrons. The SMILES string of the molecule is Cc1nc(Nc2ccc3c(c2)OCO3)cc(C(=O)Nc2ccccc2C)n1. The fourth-order valence-electron chi connectivity index (χ4n) is 2.77. The number of rotatable bonds is 4. The number of hydrogen-bond acceptors (Lipinski definition) is 6. The second-order valence-electron chi connectivity index (χ2n) is 6.15. The monoisotopic (exact) mass is 362 g/mol. The van der Waals surface area contributed by atoms with Crippen molar-refractivity contribution in [3.63, 3.8) is 0 Å². The molecule has 2 aromatic carbocycles. The number of carbonyl (C=O) groups excluding carboxylic acids is 1. The topological polar surface area (TPSA) is 85.4 Å². The number of aromatic nitrogens is 2. The summed E-state index contributed by atoms with van der Waals surface area (Å²) in [5, 5.41) is 6.06. The smallest absolute Gasteiger partial charge is 0.274 e. The lowest BCUT2D eigenvalue weighted by molar-refractivity contribution is 0.102. The summed E-state index contributed by atoms with van der Waals surface area (Å²) in [6.45, 7) is 3.90. The van der Waals surface area contributed by atoms with E-state index in [0.717, 1.165) is 16.9 Å². The number of anilines is 3. The lowest BCUT2D eigenvalue weighted by Gasteiger charge is -2.11. The first-order chi connectivity index (χ1) is 13.1. The maximum Gasteiger partial charge on any atom is 0.274 e. The van der Waals surface area contributed by atoms with Crippen molar-refractivity contribution in [3.8, 4) is 11.5 Å². The molecule has 2 N–H and O–H groups in total. The van der Waals surface area contributed by atoms with E-state index in [1.807, 2.05) is 49.4 Å². The molecule has 3 aromatic rings. The Kier molecular flexibility index (Phi) is 4.33. The van der Waals surface area contributed by atoms with Gasteiger partial charge in [-0.1, -0.05) is 18.2 Å². The van der Waals surface area contributed by atoms with Crippen LogP contribution in [0.3, 0.4) is 0 Å². The Morgan fingerprint density at radius 2 is 1.81 bits per heavy atom. The third-order valence-corrected chi connectivity index (χ3v) is 4.11. The molecular formula is C20H18N4O3. The molecule has 1 aromatic heterocycles. The van der Waals surface area contributed by atoms with Crippen molar-refractivity contribution in [3.05, 3.63) is 65.6 Å². The van der Waals surface area contributed by atoms with Crippen molar-refractivity contribution in [2.45, 2.75) is 13.8 Å². The fraction of sp³-hybridized carbons (Fsp3) is 0.150. The van der Waals surface area contributed by atoms with Gasteiger partial charge in [-0.2, -0.15) is 0 Å². The van der Waals surface area contributed by atoms with Gasteiger partial charge in [-0.25, -0.2) is 9.97 Å². The molecule has 1 amide bonds. The highest BCUT2D eigenvalue weighted by atomic mass is 16.7. The van der Waals surface area contributed by atoms with Crippen molar-refractivity contribution in [2.24, 2.45) is 0 Å². The van der Waals surface area contributed by atoms with Crippen molar-refractivity contribution in [1.29, 1.82) is 0 Å². The van der Waals surface area contributed by atoms with E-state index in [9.17, 15) is 4.79 Å². The molecule has 136 valence electrons. The number of hydrogen-bond donors (Lipinski definition) is 2. The van der Waals surface area contributed by atoms with Gasteiger partial charge in [0, 0.05) is 23.5 Å². The Bertz CT molecular complexity index is 1020. The lowest BCUT2D eigenvalue weighted by atomic mass is 10.2. The summed E-state index contributed by atoms with van der Waals surface area (Å²) in [7, 11) is 0. The van der Waals surface area contributed by atoms with Gasteiger partial charge in [-0.15, -0.1) is 0 Å². The first-order valence-corrected chi connectivity index (χ1v) is 8.48. The van der Waals surface area contributed by atoms with E-state index in [-0.39, 0.29) is 18.4 Å². The number of nitrogens with one attached hydrogen (secondary N) is 2. The van der Waals surface area contributed by atoms with Crippen molar-refractivity contribution in [1.82, 2.24) is 9.97 Å². The molecule has 0 bridgehead atoms. The van der Waals surface area contributed by atoms with E-state index >= 15 is 0 Å². The van der Waals surface area contributed by atoms with Crippen molar-refractivity contribution >= 4 is 23.1 Å². The number of aryl methyl sites for hydroxylation is 2. The Morgan fingerprint density at radius 1 is 1.00 bits per heavy atom. The summed E-state index contributed by atoms with van der Waals surface area (Å²) in [5.74, 6) is 2.11. The molecular weight excluding hydrogens is 344 g/mol. The molecule has 27 heavy (non-hydrogen) atoms. The standard InChI is InChI=1S/C20H18N4O3/c1-12-5-3-4-6-15(12)24-20(25)16-10-19(22-13(2)21-16)23-14-7-8-17-18(9-14)27-11-26-17/h3-10H,11H2,1-2H3,(H,24,25)(H,21,22,23). The zero-order valence-electron chi connectivity index (χ0n) is 14.9. The van der Waals surface area contributed by atoms with Crippen LogP contribution < -0.4 is 20.1 Å². The number of carbonyl (C=O) groups is 1. The average molecular weight is 362 g/mol. The minimum absolute atomic E-state index is 0.217. The highest BCUT2D eigenvalue weighted by Gasteiger charge is 2.15. The van der Waals surface area contributed by atoms with Crippen LogP contribution in [0.2, 0.25) is 0 Å². The number of nitrogens with zero attached hydrogens (tertiary/aromatic N) is 2. The van der Waals surface area contributed by atoms with Crippen LogP contribution in [0.25, 0.3) is 0 Å². The van der Waals surface area contributed by atoms with E-state index in [1.165, 1.54) is 0 Å². The van der Waals surface area contributed by atoms with Crippen molar-refractivity contribution in [2.75, 3.05) is 17.4 Å². The summed E-state index contributed by atoms with van der Waals surface area (Å²) in [4.78, 5) is 21.2. The van der Waals surface area contributed by atoms with E-state index in [4.69, 9.17) is 9.47 Å². The maximum absolute atomic E-state index is 12.6. The minimum Gasteiger partial charge on any atom is -0.454 e. The molecule has 0 fully saturated rings. The van der Waals surface area contributed by atoms with Gasteiger partial charge in [-0.05, 0) is 37.6 Å². The molecule has 7 heteroatoms. The number of para-hydroxylation sites is 1. The van der Waals surface area contributed by atoms with Crippen molar-refractivity contribution < 1.29 is 14.3 Å². The zero-order valence-corrected chi connectivity index (χ0v) is 14.9. The van der Waals surface area contributed by atoms with Gasteiger partial charge in [0.1, 0.15) is 17.3 Å². The van der Waals surface area contributed by atoms with Gasteiger partial charge in [0.2, 0.25) is 6.79 Å². The van der Waals surface area contributed by atoms with Crippen LogP contribution in [0.5, 0.6) is 11.5 Å². The molecule has 4 rings (SSSR count). The molecule has 2 heterocycles. The zero-order chi connectivity index (χ0) is 18.8. The van der Waals surface area contributed by atoms with Crippen LogP contribution in [0.4, 0.5) is 17.2 Å². The third kappa shape index (κ3) is 3.67. The second-order valence-corrected chi connectivity index (χ2v) is 6.15. The van der Waals surface area contributed by atoms with Crippen LogP contribution in [-0.2, 0) is 0 Å². The Morgan fingerprint density at radius 3 is 2.67 bits per heavy atom. The Labute approximate surface area is 156 Å². The third-order valence-electron chi connectivity index (χ3n) is 4.11. The van der Waals surface area contributed by atoms with Crippen LogP contribution in [0.15, 0.2) is 48.5 Å². The minimum atomic E-state index is -0.288. The maximum atomic E-state index is 12.6. The Balaban J connectivity index is 1.56. The van der Waals surface area contributed by atoms with Crippen LogP contribution >= 0.6 is 0 Å². The summed E-state index contributed by atoms with van der Waals surface area (Å²) in [5.41, 5.74) is 2.80. The Hall–Kier alpha value is -3.61. The quantitative estimate of drug-likeness (QED) is 0.734. The predicted octanol–water partition coefficient (Wildman–Crippen LogP) is 3.82. The van der Waals surface area contributed by atoms with Crippen LogP contribution in [0.1, 0.15) is 21.9 Å². The number of ether oxygens (including phenoxy) is 2. The van der Waals surface area contributed by atoms with Gasteiger partial charge >= 0.3 is 0 Å². The molecule has 0 unspecified atom stereocenters. The molecule has 0 saturated heterocycles. The normalized spacial score (nSPS) is 11.9. The summed E-state index contributed by atoms with van der Waals surface area (Å²) in [6, 6.07) is 14.7. The molecule has 0 atom stereocenters. The first kappa shape index (κ1) is 16.8. The van der Waals surface area contributed by atoms with E-state index < -0.39 is 0 Å². The fourth-order valence-corrected chi connectivity index (χ4v) is 2.77. The van der Waals surface area contributed by atoms with Crippen LogP contribution in [0, 0.1) is 13.8 Å². The second kappa shape index (κ2) is 6.95. The first-order valence-electron chi connectivity index (χ1n) is 8.48. The van der Waals surface area contributed by atoms with Gasteiger partial charge in [0.25, 0.3) is 5.91 Å². The van der Waals surface area contributed by atoms with Gasteiger partial charge in [0.15, 0.2) is 11.5 Å². The summed E-state index contributed by atoms with van der Waals surface area (Å²) < 4.78 is 10.7. The van der Waals surface area contributed by atoms with Gasteiger partial charge in [-0.3, -0.25) is 4.79 Å².